The van der Waals surface area contributed by atoms with E-state index in [1.165, 1.54) is 11.9 Å². The van der Waals surface area contributed by atoms with Gasteiger partial charge in [0.15, 0.2) is 0 Å². The molecule has 0 atom stereocenters. The van der Waals surface area contributed by atoms with E-state index >= 15 is 0 Å². The van der Waals surface area contributed by atoms with Crippen molar-refractivity contribution in [3.05, 3.63) is 54.6 Å². The van der Waals surface area contributed by atoms with Gasteiger partial charge in [-0.25, -0.2) is 9.67 Å². The van der Waals surface area contributed by atoms with Gasteiger partial charge in [-0.15, -0.1) is 0 Å². The molecule has 0 aliphatic carbocycles. The lowest BCUT2D eigenvalue weighted by molar-refractivity contribution is 0.711. The molecule has 0 amide bonds. The van der Waals surface area contributed by atoms with Gasteiger partial charge in [0.1, 0.15) is 12.7 Å². The second-order valence-corrected chi connectivity index (χ2v) is 3.56. The lowest BCUT2D eigenvalue weighted by atomic mass is 10.1. The molecule has 0 saturated carbocycles. The second-order valence-electron chi connectivity index (χ2n) is 3.56. The maximum Gasteiger partial charge on any atom is 0.137 e. The van der Waals surface area contributed by atoms with Gasteiger partial charge in [-0.1, -0.05) is 36.4 Å². The highest BCUT2D eigenvalue weighted by molar-refractivity contribution is 5.63. The molecule has 0 spiro atoms. The quantitative estimate of drug-likeness (QED) is 0.759. The predicted molar refractivity (Wildman–Crippen MR) is 60.2 cm³/mol. The Bertz CT molecular complexity index is 440. The van der Waals surface area contributed by atoms with E-state index in [0.717, 1.165) is 11.1 Å². The Balaban J connectivity index is 2.11. The standard InChI is InChI=1S/C12H13N3/c1-10-3-5-12(6-4-10)11(2)7-15-9-13-8-14-15/h3-6,8-9H,2,7H2,1H3. The number of hydrogen-bond donors (Lipinski definition) is 0. The van der Waals surface area contributed by atoms with Crippen molar-refractivity contribution in [2.75, 3.05) is 0 Å². The molecule has 1 aromatic carbocycles. The molecule has 0 saturated heterocycles. The molecule has 76 valence electrons. The molecule has 3 heteroatoms. The number of rotatable bonds is 3. The monoisotopic (exact) mass is 199 g/mol. The number of allylic oxidation sites excluding steroid dienone is 1. The first-order valence-electron chi connectivity index (χ1n) is 4.83. The number of nitrogens with zero attached hydrogens (tertiary/aromatic N) is 3. The van der Waals surface area contributed by atoms with E-state index in [1.807, 2.05) is 0 Å². The lowest BCUT2D eigenvalue weighted by Crippen LogP contribution is -2.00. The molecule has 2 rings (SSSR count). The van der Waals surface area contributed by atoms with E-state index < -0.39 is 0 Å². The summed E-state index contributed by atoms with van der Waals surface area (Å²) in [4.78, 5) is 3.89. The van der Waals surface area contributed by atoms with Crippen molar-refractivity contribution in [3.8, 4) is 0 Å². The average molecular weight is 199 g/mol. The van der Waals surface area contributed by atoms with Gasteiger partial charge in [0.2, 0.25) is 0 Å². The van der Waals surface area contributed by atoms with Crippen LogP contribution in [0.25, 0.3) is 5.57 Å². The number of benzene rings is 1. The van der Waals surface area contributed by atoms with E-state index in [-0.39, 0.29) is 0 Å². The zero-order valence-corrected chi connectivity index (χ0v) is 8.72. The maximum absolute atomic E-state index is 4.04. The van der Waals surface area contributed by atoms with Crippen LogP contribution in [0.1, 0.15) is 11.1 Å². The third kappa shape index (κ3) is 2.31. The van der Waals surface area contributed by atoms with Crippen LogP contribution in [-0.2, 0) is 6.54 Å². The Labute approximate surface area is 89.1 Å². The first-order valence-corrected chi connectivity index (χ1v) is 4.83. The Morgan fingerprint density at radius 3 is 2.67 bits per heavy atom. The highest BCUT2D eigenvalue weighted by Crippen LogP contribution is 2.14. The van der Waals surface area contributed by atoms with Gasteiger partial charge in [0.05, 0.1) is 6.54 Å². The van der Waals surface area contributed by atoms with Crippen molar-refractivity contribution in [2.24, 2.45) is 0 Å². The Hall–Kier alpha value is -1.90. The van der Waals surface area contributed by atoms with E-state index in [1.54, 1.807) is 11.0 Å². The zero-order chi connectivity index (χ0) is 10.7. The summed E-state index contributed by atoms with van der Waals surface area (Å²) >= 11 is 0. The van der Waals surface area contributed by atoms with Crippen molar-refractivity contribution in [1.82, 2.24) is 14.8 Å². The highest BCUT2D eigenvalue weighted by Gasteiger charge is 1.99. The topological polar surface area (TPSA) is 30.7 Å². The van der Waals surface area contributed by atoms with Crippen molar-refractivity contribution in [2.45, 2.75) is 13.5 Å². The lowest BCUT2D eigenvalue weighted by Gasteiger charge is -2.05. The minimum absolute atomic E-state index is 0.684. The fourth-order valence-electron chi connectivity index (χ4n) is 1.39. The first-order chi connectivity index (χ1) is 7.25. The van der Waals surface area contributed by atoms with Gasteiger partial charge in [0.25, 0.3) is 0 Å². The molecular formula is C12H13N3. The van der Waals surface area contributed by atoms with Gasteiger partial charge in [-0.3, -0.25) is 0 Å². The van der Waals surface area contributed by atoms with Gasteiger partial charge in [0, 0.05) is 0 Å². The fraction of sp³-hybridized carbons (Fsp3) is 0.167. The molecule has 2 aromatic rings. The van der Waals surface area contributed by atoms with E-state index in [9.17, 15) is 0 Å². The third-order valence-corrected chi connectivity index (χ3v) is 2.28. The molecule has 0 unspecified atom stereocenters. The van der Waals surface area contributed by atoms with Gasteiger partial charge in [-0.2, -0.15) is 5.10 Å². The molecule has 0 N–H and O–H groups in total. The van der Waals surface area contributed by atoms with Crippen LogP contribution < -0.4 is 0 Å². The van der Waals surface area contributed by atoms with Gasteiger partial charge < -0.3 is 0 Å². The average Bonchev–Trinajstić information content (AvgIpc) is 2.71. The van der Waals surface area contributed by atoms with Crippen LogP contribution in [0.2, 0.25) is 0 Å². The minimum atomic E-state index is 0.684. The molecule has 0 aliphatic heterocycles. The first kappa shape index (κ1) is 9.65. The summed E-state index contributed by atoms with van der Waals surface area (Å²) in [5.41, 5.74) is 3.45. The largest absolute Gasteiger partial charge is 0.249 e. The van der Waals surface area contributed by atoms with Gasteiger partial charge >= 0.3 is 0 Å². The molecule has 1 aromatic heterocycles. The van der Waals surface area contributed by atoms with Crippen molar-refractivity contribution >= 4 is 5.57 Å². The molecule has 0 bridgehead atoms. The van der Waals surface area contributed by atoms with Crippen LogP contribution in [0, 0.1) is 6.92 Å². The normalized spacial score (nSPS) is 10.2. The molecule has 3 nitrogen and oxygen atoms in total. The number of aromatic nitrogens is 3. The van der Waals surface area contributed by atoms with Crippen molar-refractivity contribution < 1.29 is 0 Å². The summed E-state index contributed by atoms with van der Waals surface area (Å²) in [6.45, 7) is 6.80. The van der Waals surface area contributed by atoms with Crippen LogP contribution in [0.4, 0.5) is 0 Å². The Morgan fingerprint density at radius 2 is 2.07 bits per heavy atom. The van der Waals surface area contributed by atoms with E-state index in [2.05, 4.69) is 47.9 Å². The van der Waals surface area contributed by atoms with Crippen LogP contribution in [-0.4, -0.2) is 14.8 Å². The molecular weight excluding hydrogens is 186 g/mol. The summed E-state index contributed by atoms with van der Waals surface area (Å²) in [5, 5.41) is 4.04. The Kier molecular flexibility index (Phi) is 2.63. The fourth-order valence-corrected chi connectivity index (χ4v) is 1.39. The predicted octanol–water partition coefficient (Wildman–Crippen LogP) is 2.30. The zero-order valence-electron chi connectivity index (χ0n) is 8.72. The second kappa shape index (κ2) is 4.09. The molecule has 0 radical (unpaired) electrons. The molecule has 15 heavy (non-hydrogen) atoms. The summed E-state index contributed by atoms with van der Waals surface area (Å²) in [5.74, 6) is 0. The summed E-state index contributed by atoms with van der Waals surface area (Å²) < 4.78 is 1.77. The summed E-state index contributed by atoms with van der Waals surface area (Å²) in [6.07, 6.45) is 3.22. The molecule has 1 heterocycles. The minimum Gasteiger partial charge on any atom is -0.249 e. The summed E-state index contributed by atoms with van der Waals surface area (Å²) in [6, 6.07) is 8.33. The maximum atomic E-state index is 4.04. The summed E-state index contributed by atoms with van der Waals surface area (Å²) in [7, 11) is 0. The van der Waals surface area contributed by atoms with E-state index in [0.29, 0.717) is 6.54 Å². The van der Waals surface area contributed by atoms with Crippen molar-refractivity contribution in [3.63, 3.8) is 0 Å². The van der Waals surface area contributed by atoms with Crippen LogP contribution in [0.3, 0.4) is 0 Å². The van der Waals surface area contributed by atoms with E-state index in [4.69, 9.17) is 0 Å². The van der Waals surface area contributed by atoms with Gasteiger partial charge in [-0.05, 0) is 18.1 Å². The molecule has 0 aliphatic rings. The van der Waals surface area contributed by atoms with Crippen LogP contribution in [0.5, 0.6) is 0 Å². The SMILES string of the molecule is C=C(Cn1cncn1)c1ccc(C)cc1. The van der Waals surface area contributed by atoms with Crippen molar-refractivity contribution in [1.29, 1.82) is 0 Å². The van der Waals surface area contributed by atoms with Crippen LogP contribution in [0.15, 0.2) is 43.5 Å². The van der Waals surface area contributed by atoms with Crippen LogP contribution >= 0.6 is 0 Å². The number of aryl methyl sites for hydroxylation is 1. The smallest absolute Gasteiger partial charge is 0.137 e. The highest BCUT2D eigenvalue weighted by atomic mass is 15.3. The number of hydrogen-bond acceptors (Lipinski definition) is 2. The Morgan fingerprint density at radius 1 is 1.33 bits per heavy atom. The third-order valence-electron chi connectivity index (χ3n) is 2.28. The molecule has 0 fully saturated rings.